The Morgan fingerprint density at radius 3 is 2.48 bits per heavy atom. The van der Waals surface area contributed by atoms with Crippen LogP contribution >= 0.6 is 0 Å². The molecular formula is C23H30N4O5S. The highest BCUT2D eigenvalue weighted by Crippen LogP contribution is 2.29. The van der Waals surface area contributed by atoms with Gasteiger partial charge in [0, 0.05) is 25.2 Å². The fraction of sp³-hybridized carbons (Fsp3) is 0.435. The summed E-state index contributed by atoms with van der Waals surface area (Å²) in [6.07, 6.45) is 3.42. The Labute approximate surface area is 194 Å². The fourth-order valence-corrected chi connectivity index (χ4v) is 5.33. The molecule has 10 heteroatoms. The van der Waals surface area contributed by atoms with Crippen LogP contribution in [0.5, 0.6) is 0 Å². The molecule has 33 heavy (non-hydrogen) atoms. The first-order valence-corrected chi connectivity index (χ1v) is 12.7. The van der Waals surface area contributed by atoms with Crippen molar-refractivity contribution in [3.05, 3.63) is 69.3 Å². The number of nitro groups is 1. The highest BCUT2D eigenvalue weighted by Gasteiger charge is 2.31. The van der Waals surface area contributed by atoms with Crippen LogP contribution in [0.2, 0.25) is 0 Å². The largest absolute Gasteiger partial charge is 0.350 e. The fourth-order valence-electron chi connectivity index (χ4n) is 4.10. The average Bonchev–Trinajstić information content (AvgIpc) is 3.25. The summed E-state index contributed by atoms with van der Waals surface area (Å²) in [5.41, 5.74) is 2.47. The van der Waals surface area contributed by atoms with E-state index in [9.17, 15) is 23.3 Å². The third kappa shape index (κ3) is 6.29. The van der Waals surface area contributed by atoms with E-state index in [1.165, 1.54) is 43.5 Å². The zero-order valence-electron chi connectivity index (χ0n) is 19.2. The van der Waals surface area contributed by atoms with Gasteiger partial charge in [0.25, 0.3) is 5.69 Å². The molecule has 0 aliphatic carbocycles. The SMILES string of the molecule is Cc1ccc([N+](=O)[O-])cc1N([C@@H](C)C(=O)NCc1cccc(CN2CCCC2)c1)S(C)(=O)=O. The van der Waals surface area contributed by atoms with Gasteiger partial charge in [-0.25, -0.2) is 8.42 Å². The number of nitrogens with zero attached hydrogens (tertiary/aromatic N) is 3. The number of carbonyl (C=O) groups excluding carboxylic acids is 1. The van der Waals surface area contributed by atoms with Crippen molar-refractivity contribution in [2.24, 2.45) is 0 Å². The smallest absolute Gasteiger partial charge is 0.271 e. The molecular weight excluding hydrogens is 444 g/mol. The maximum absolute atomic E-state index is 12.9. The first kappa shape index (κ1) is 24.7. The van der Waals surface area contributed by atoms with E-state index >= 15 is 0 Å². The van der Waals surface area contributed by atoms with Crippen molar-refractivity contribution >= 4 is 27.3 Å². The molecule has 1 fully saturated rings. The molecule has 178 valence electrons. The van der Waals surface area contributed by atoms with E-state index in [1.807, 2.05) is 18.2 Å². The topological polar surface area (TPSA) is 113 Å². The average molecular weight is 475 g/mol. The van der Waals surface area contributed by atoms with Gasteiger partial charge in [0.2, 0.25) is 15.9 Å². The van der Waals surface area contributed by atoms with E-state index in [-0.39, 0.29) is 17.9 Å². The monoisotopic (exact) mass is 474 g/mol. The van der Waals surface area contributed by atoms with Gasteiger partial charge in [-0.05, 0) is 56.5 Å². The Hall–Kier alpha value is -2.98. The molecule has 0 radical (unpaired) electrons. The molecule has 0 saturated carbocycles. The second kappa shape index (κ2) is 10.3. The lowest BCUT2D eigenvalue weighted by atomic mass is 10.1. The van der Waals surface area contributed by atoms with Crippen LogP contribution in [-0.2, 0) is 27.9 Å². The Morgan fingerprint density at radius 2 is 1.85 bits per heavy atom. The van der Waals surface area contributed by atoms with Gasteiger partial charge in [0.05, 0.1) is 16.9 Å². The summed E-state index contributed by atoms with van der Waals surface area (Å²) in [4.78, 5) is 25.9. The molecule has 1 aliphatic rings. The van der Waals surface area contributed by atoms with E-state index in [0.717, 1.165) is 35.8 Å². The van der Waals surface area contributed by atoms with Crippen LogP contribution in [0.25, 0.3) is 0 Å². The van der Waals surface area contributed by atoms with Gasteiger partial charge in [-0.15, -0.1) is 0 Å². The van der Waals surface area contributed by atoms with Crippen LogP contribution in [0.4, 0.5) is 11.4 Å². The van der Waals surface area contributed by atoms with Crippen molar-refractivity contribution in [3.63, 3.8) is 0 Å². The van der Waals surface area contributed by atoms with Crippen molar-refractivity contribution < 1.29 is 18.1 Å². The third-order valence-corrected chi connectivity index (χ3v) is 7.02. The number of non-ortho nitro benzene ring substituents is 1. The molecule has 3 rings (SSSR count). The van der Waals surface area contributed by atoms with Crippen LogP contribution in [0, 0.1) is 17.0 Å². The van der Waals surface area contributed by atoms with E-state index in [1.54, 1.807) is 6.92 Å². The molecule has 1 amide bonds. The van der Waals surface area contributed by atoms with E-state index in [4.69, 9.17) is 0 Å². The number of amides is 1. The Morgan fingerprint density at radius 1 is 1.18 bits per heavy atom. The third-order valence-electron chi connectivity index (χ3n) is 5.79. The number of hydrogen-bond acceptors (Lipinski definition) is 6. The predicted molar refractivity (Wildman–Crippen MR) is 127 cm³/mol. The van der Waals surface area contributed by atoms with Gasteiger partial charge in [0.1, 0.15) is 6.04 Å². The van der Waals surface area contributed by atoms with Crippen molar-refractivity contribution in [3.8, 4) is 0 Å². The van der Waals surface area contributed by atoms with Crippen molar-refractivity contribution in [1.29, 1.82) is 0 Å². The van der Waals surface area contributed by atoms with Gasteiger partial charge in [-0.2, -0.15) is 0 Å². The van der Waals surface area contributed by atoms with Crippen LogP contribution in [0.15, 0.2) is 42.5 Å². The minimum Gasteiger partial charge on any atom is -0.350 e. The standard InChI is InChI=1S/C23H30N4O5S/c1-17-9-10-21(27(29)30)14-22(17)26(33(3,31)32)18(2)23(28)24-15-19-7-6-8-20(13-19)16-25-11-4-5-12-25/h6-10,13-14,18H,4-5,11-12,15-16H2,1-3H3,(H,24,28)/t18-/m0/s1. The maximum Gasteiger partial charge on any atom is 0.271 e. The minimum atomic E-state index is -3.89. The summed E-state index contributed by atoms with van der Waals surface area (Å²) in [7, 11) is -3.89. The number of aryl methyl sites for hydroxylation is 1. The molecule has 1 heterocycles. The summed E-state index contributed by atoms with van der Waals surface area (Å²) < 4.78 is 26.1. The second-order valence-electron chi connectivity index (χ2n) is 8.48. The van der Waals surface area contributed by atoms with Crippen molar-refractivity contribution in [2.75, 3.05) is 23.7 Å². The molecule has 0 aromatic heterocycles. The molecule has 1 aliphatic heterocycles. The maximum atomic E-state index is 12.9. The summed E-state index contributed by atoms with van der Waals surface area (Å²) in [6, 6.07) is 10.8. The summed E-state index contributed by atoms with van der Waals surface area (Å²) in [5, 5.41) is 14.0. The Bertz CT molecular complexity index is 1130. The number of likely N-dealkylation sites (tertiary alicyclic amines) is 1. The molecule has 1 N–H and O–H groups in total. The minimum absolute atomic E-state index is 0.113. The lowest BCUT2D eigenvalue weighted by molar-refractivity contribution is -0.384. The first-order valence-electron chi connectivity index (χ1n) is 10.9. The van der Waals surface area contributed by atoms with Crippen LogP contribution in [0.3, 0.4) is 0 Å². The zero-order chi connectivity index (χ0) is 24.2. The molecule has 0 unspecified atom stereocenters. The summed E-state index contributed by atoms with van der Waals surface area (Å²) in [6.45, 7) is 6.43. The number of nitro benzene ring substituents is 1. The van der Waals surface area contributed by atoms with E-state index in [2.05, 4.69) is 16.3 Å². The number of rotatable bonds is 9. The Balaban J connectivity index is 1.74. The van der Waals surface area contributed by atoms with E-state index in [0.29, 0.717) is 5.56 Å². The molecule has 2 aromatic rings. The number of anilines is 1. The lowest BCUT2D eigenvalue weighted by Crippen LogP contribution is -2.48. The van der Waals surface area contributed by atoms with Crippen LogP contribution < -0.4 is 9.62 Å². The van der Waals surface area contributed by atoms with E-state index < -0.39 is 26.9 Å². The molecule has 9 nitrogen and oxygen atoms in total. The quantitative estimate of drug-likeness (QED) is 0.442. The zero-order valence-corrected chi connectivity index (χ0v) is 20.0. The number of carbonyl (C=O) groups is 1. The molecule has 2 aromatic carbocycles. The van der Waals surface area contributed by atoms with Gasteiger partial charge < -0.3 is 5.32 Å². The molecule has 0 bridgehead atoms. The van der Waals surface area contributed by atoms with Crippen molar-refractivity contribution in [1.82, 2.24) is 10.2 Å². The highest BCUT2D eigenvalue weighted by atomic mass is 32.2. The highest BCUT2D eigenvalue weighted by molar-refractivity contribution is 7.92. The predicted octanol–water partition coefficient (Wildman–Crippen LogP) is 2.97. The van der Waals surface area contributed by atoms with Gasteiger partial charge in [-0.3, -0.25) is 24.1 Å². The molecule has 1 saturated heterocycles. The summed E-state index contributed by atoms with van der Waals surface area (Å²) >= 11 is 0. The van der Waals surface area contributed by atoms with Gasteiger partial charge in [0.15, 0.2) is 0 Å². The second-order valence-corrected chi connectivity index (χ2v) is 10.3. The molecule has 0 spiro atoms. The molecule has 1 atom stereocenters. The number of benzene rings is 2. The lowest BCUT2D eigenvalue weighted by Gasteiger charge is -2.29. The Kier molecular flexibility index (Phi) is 7.70. The van der Waals surface area contributed by atoms with Crippen LogP contribution in [-0.4, -0.2) is 49.5 Å². The van der Waals surface area contributed by atoms with Crippen LogP contribution in [0.1, 0.15) is 36.5 Å². The van der Waals surface area contributed by atoms with Gasteiger partial charge in [-0.1, -0.05) is 30.3 Å². The summed E-state index contributed by atoms with van der Waals surface area (Å²) in [5.74, 6) is -0.490. The first-order chi connectivity index (χ1) is 15.6. The van der Waals surface area contributed by atoms with Crippen molar-refractivity contribution in [2.45, 2.75) is 45.8 Å². The number of nitrogens with one attached hydrogen (secondary N) is 1. The number of sulfonamides is 1. The normalized spacial score (nSPS) is 15.2. The van der Waals surface area contributed by atoms with Gasteiger partial charge >= 0.3 is 0 Å². The number of hydrogen-bond donors (Lipinski definition) is 1.